The molecule has 0 bridgehead atoms. The standard InChI is InChI=1S/C13H11ClN2O4/c1-8(2)20-13(17)10(7-15)5-9-3-4-12(16(18)19)11(14)6-9/h3-6,8H,1-2H3/b10-5-. The van der Waals surface area contributed by atoms with E-state index in [9.17, 15) is 14.9 Å². The van der Waals surface area contributed by atoms with Crippen molar-refractivity contribution in [3.8, 4) is 6.07 Å². The fourth-order valence-electron chi connectivity index (χ4n) is 1.34. The molecule has 0 fully saturated rings. The third-order valence-electron chi connectivity index (χ3n) is 2.16. The number of hydrogen-bond donors (Lipinski definition) is 0. The van der Waals surface area contributed by atoms with E-state index in [0.717, 1.165) is 0 Å². The van der Waals surface area contributed by atoms with Gasteiger partial charge in [0.25, 0.3) is 5.69 Å². The van der Waals surface area contributed by atoms with E-state index in [1.165, 1.54) is 24.3 Å². The number of carbonyl (C=O) groups is 1. The van der Waals surface area contributed by atoms with Gasteiger partial charge >= 0.3 is 5.97 Å². The van der Waals surface area contributed by atoms with Gasteiger partial charge in [-0.05, 0) is 37.6 Å². The van der Waals surface area contributed by atoms with Crippen LogP contribution in [0.3, 0.4) is 0 Å². The molecule has 0 aliphatic rings. The summed E-state index contributed by atoms with van der Waals surface area (Å²) in [4.78, 5) is 21.6. The van der Waals surface area contributed by atoms with Crippen molar-refractivity contribution in [3.05, 3.63) is 44.5 Å². The number of ether oxygens (including phenoxy) is 1. The van der Waals surface area contributed by atoms with Crippen LogP contribution in [0.4, 0.5) is 5.69 Å². The second-order valence-corrected chi connectivity index (χ2v) is 4.50. The van der Waals surface area contributed by atoms with E-state index in [1.807, 2.05) is 0 Å². The van der Waals surface area contributed by atoms with Gasteiger partial charge in [0.2, 0.25) is 0 Å². The highest BCUT2D eigenvalue weighted by Crippen LogP contribution is 2.26. The molecule has 0 aromatic heterocycles. The molecule has 7 heteroatoms. The SMILES string of the molecule is CC(C)OC(=O)/C(C#N)=C\c1ccc([N+](=O)[O-])c(Cl)c1. The molecule has 6 nitrogen and oxygen atoms in total. The first-order valence-corrected chi connectivity index (χ1v) is 5.99. The third-order valence-corrected chi connectivity index (χ3v) is 2.47. The number of carbonyl (C=O) groups excluding carboxylic acids is 1. The first kappa shape index (κ1) is 15.7. The summed E-state index contributed by atoms with van der Waals surface area (Å²) in [5, 5.41) is 19.5. The Labute approximate surface area is 120 Å². The minimum atomic E-state index is -0.753. The van der Waals surface area contributed by atoms with Crippen molar-refractivity contribution in [3.63, 3.8) is 0 Å². The van der Waals surface area contributed by atoms with Crippen LogP contribution in [0.1, 0.15) is 19.4 Å². The molecule has 1 aromatic carbocycles. The molecule has 0 N–H and O–H groups in total. The van der Waals surface area contributed by atoms with Gasteiger partial charge in [0, 0.05) is 6.07 Å². The number of benzene rings is 1. The Hall–Kier alpha value is -2.39. The van der Waals surface area contributed by atoms with E-state index in [2.05, 4.69) is 0 Å². The van der Waals surface area contributed by atoms with Gasteiger partial charge in [0.05, 0.1) is 11.0 Å². The maximum Gasteiger partial charge on any atom is 0.349 e. The minimum Gasteiger partial charge on any atom is -0.459 e. The summed E-state index contributed by atoms with van der Waals surface area (Å²) in [5.41, 5.74) is -0.0476. The maximum atomic E-state index is 11.6. The molecular formula is C13H11ClN2O4. The Morgan fingerprint density at radius 2 is 2.20 bits per heavy atom. The zero-order valence-corrected chi connectivity index (χ0v) is 11.5. The summed E-state index contributed by atoms with van der Waals surface area (Å²) >= 11 is 5.74. The van der Waals surface area contributed by atoms with Gasteiger partial charge in [-0.2, -0.15) is 5.26 Å². The normalized spacial score (nSPS) is 11.1. The Kier molecular flexibility index (Phi) is 5.23. The highest BCUT2D eigenvalue weighted by molar-refractivity contribution is 6.32. The molecule has 104 valence electrons. The number of nitro groups is 1. The van der Waals surface area contributed by atoms with Gasteiger partial charge in [-0.1, -0.05) is 11.6 Å². The van der Waals surface area contributed by atoms with Crippen molar-refractivity contribution in [2.24, 2.45) is 0 Å². The molecule has 0 heterocycles. The molecule has 0 unspecified atom stereocenters. The molecule has 0 atom stereocenters. The number of nitro benzene ring substituents is 1. The van der Waals surface area contributed by atoms with Gasteiger partial charge in [0.1, 0.15) is 16.7 Å². The van der Waals surface area contributed by atoms with E-state index >= 15 is 0 Å². The van der Waals surface area contributed by atoms with Crippen molar-refractivity contribution >= 4 is 29.3 Å². The van der Waals surface area contributed by atoms with E-state index in [4.69, 9.17) is 21.6 Å². The number of nitrogens with zero attached hydrogens (tertiary/aromatic N) is 2. The van der Waals surface area contributed by atoms with E-state index in [-0.39, 0.29) is 22.4 Å². The van der Waals surface area contributed by atoms with Crippen molar-refractivity contribution in [1.82, 2.24) is 0 Å². The van der Waals surface area contributed by atoms with Gasteiger partial charge < -0.3 is 4.74 Å². The maximum absolute atomic E-state index is 11.6. The van der Waals surface area contributed by atoms with Crippen molar-refractivity contribution < 1.29 is 14.5 Å². The predicted octanol–water partition coefficient (Wildman–Crippen LogP) is 3.11. The molecule has 0 saturated carbocycles. The molecule has 0 saturated heterocycles. The fourth-order valence-corrected chi connectivity index (χ4v) is 1.60. The third kappa shape index (κ3) is 4.07. The number of halogens is 1. The zero-order valence-electron chi connectivity index (χ0n) is 10.8. The lowest BCUT2D eigenvalue weighted by atomic mass is 10.1. The molecular weight excluding hydrogens is 284 g/mol. The van der Waals surface area contributed by atoms with Crippen LogP contribution in [-0.4, -0.2) is 17.0 Å². The lowest BCUT2D eigenvalue weighted by Gasteiger charge is -2.06. The molecule has 0 aliphatic heterocycles. The molecule has 0 amide bonds. The largest absolute Gasteiger partial charge is 0.459 e. The molecule has 1 aromatic rings. The Morgan fingerprint density at radius 1 is 1.55 bits per heavy atom. The van der Waals surface area contributed by atoms with Crippen LogP contribution in [0, 0.1) is 21.4 Å². The van der Waals surface area contributed by atoms with Crippen LogP contribution in [0.2, 0.25) is 5.02 Å². The average molecular weight is 295 g/mol. The van der Waals surface area contributed by atoms with Crippen LogP contribution in [0.15, 0.2) is 23.8 Å². The van der Waals surface area contributed by atoms with Crippen molar-refractivity contribution in [1.29, 1.82) is 5.26 Å². The van der Waals surface area contributed by atoms with Crippen molar-refractivity contribution in [2.45, 2.75) is 20.0 Å². The molecule has 0 aliphatic carbocycles. The lowest BCUT2D eigenvalue weighted by molar-refractivity contribution is -0.384. The Morgan fingerprint density at radius 3 is 2.65 bits per heavy atom. The summed E-state index contributed by atoms with van der Waals surface area (Å²) in [7, 11) is 0. The van der Waals surface area contributed by atoms with Gasteiger partial charge in [-0.25, -0.2) is 4.79 Å². The number of esters is 1. The first-order chi connectivity index (χ1) is 9.35. The second kappa shape index (κ2) is 6.68. The average Bonchev–Trinajstić information content (AvgIpc) is 2.34. The lowest BCUT2D eigenvalue weighted by Crippen LogP contribution is -2.12. The number of rotatable bonds is 4. The first-order valence-electron chi connectivity index (χ1n) is 5.62. The summed E-state index contributed by atoms with van der Waals surface area (Å²) in [6, 6.07) is 5.63. The van der Waals surface area contributed by atoms with E-state index in [1.54, 1.807) is 19.9 Å². The molecule has 1 rings (SSSR count). The predicted molar refractivity (Wildman–Crippen MR) is 72.9 cm³/mol. The fraction of sp³-hybridized carbons (Fsp3) is 0.231. The van der Waals surface area contributed by atoms with Crippen LogP contribution >= 0.6 is 11.6 Å². The zero-order chi connectivity index (χ0) is 15.3. The second-order valence-electron chi connectivity index (χ2n) is 4.09. The summed E-state index contributed by atoms with van der Waals surface area (Å²) in [6.07, 6.45) is 0.917. The molecule has 20 heavy (non-hydrogen) atoms. The van der Waals surface area contributed by atoms with Crippen LogP contribution in [0.25, 0.3) is 6.08 Å². The monoisotopic (exact) mass is 294 g/mol. The quantitative estimate of drug-likeness (QED) is 0.280. The highest BCUT2D eigenvalue weighted by Gasteiger charge is 2.15. The Balaban J connectivity index is 3.09. The van der Waals surface area contributed by atoms with E-state index in [0.29, 0.717) is 5.56 Å². The Bertz CT molecular complexity index is 617. The molecule has 0 radical (unpaired) electrons. The number of nitriles is 1. The van der Waals surface area contributed by atoms with Gasteiger partial charge in [-0.3, -0.25) is 10.1 Å². The van der Waals surface area contributed by atoms with Gasteiger partial charge in [0.15, 0.2) is 0 Å². The van der Waals surface area contributed by atoms with Crippen LogP contribution in [-0.2, 0) is 9.53 Å². The summed E-state index contributed by atoms with van der Waals surface area (Å²) in [5.74, 6) is -0.753. The van der Waals surface area contributed by atoms with Crippen LogP contribution < -0.4 is 0 Å². The van der Waals surface area contributed by atoms with Crippen molar-refractivity contribution in [2.75, 3.05) is 0 Å². The number of hydrogen-bond acceptors (Lipinski definition) is 5. The summed E-state index contributed by atoms with van der Waals surface area (Å²) < 4.78 is 4.90. The van der Waals surface area contributed by atoms with Crippen LogP contribution in [0.5, 0.6) is 0 Å². The summed E-state index contributed by atoms with van der Waals surface area (Å²) in [6.45, 7) is 3.32. The topological polar surface area (TPSA) is 93.2 Å². The minimum absolute atomic E-state index is 0.0710. The smallest absolute Gasteiger partial charge is 0.349 e. The van der Waals surface area contributed by atoms with E-state index < -0.39 is 10.9 Å². The highest BCUT2D eigenvalue weighted by atomic mass is 35.5. The molecule has 0 spiro atoms. The van der Waals surface area contributed by atoms with Gasteiger partial charge in [-0.15, -0.1) is 0 Å².